The first-order valence-electron chi connectivity index (χ1n) is 13.9. The number of amides is 2. The van der Waals surface area contributed by atoms with Crippen LogP contribution in [0.15, 0.2) is 48.7 Å². The molecule has 1 fully saturated rings. The first-order valence-corrected chi connectivity index (χ1v) is 13.9. The van der Waals surface area contributed by atoms with Crippen molar-refractivity contribution in [2.45, 2.75) is 25.4 Å². The highest BCUT2D eigenvalue weighted by Gasteiger charge is 2.30. The van der Waals surface area contributed by atoms with Gasteiger partial charge in [-0.15, -0.1) is 5.10 Å². The highest BCUT2D eigenvalue weighted by Crippen LogP contribution is 2.28. The molecule has 0 aliphatic carbocycles. The minimum atomic E-state index is -4.35. The van der Waals surface area contributed by atoms with Crippen LogP contribution in [-0.2, 0) is 4.79 Å². The predicted molar refractivity (Wildman–Crippen MR) is 151 cm³/mol. The van der Waals surface area contributed by atoms with Crippen molar-refractivity contribution in [3.8, 4) is 0 Å². The van der Waals surface area contributed by atoms with Crippen LogP contribution in [0.5, 0.6) is 0 Å². The molecule has 13 heteroatoms. The van der Waals surface area contributed by atoms with Gasteiger partial charge in [-0.05, 0) is 55.4 Å². The summed E-state index contributed by atoms with van der Waals surface area (Å²) in [6.07, 6.45) is -1.89. The number of fused-ring (bicyclic) bond motifs is 1. The number of aliphatic hydroxyl groups excluding tert-OH is 1. The molecule has 0 radical (unpaired) electrons. The zero-order chi connectivity index (χ0) is 29.9. The second kappa shape index (κ2) is 12.5. The minimum absolute atomic E-state index is 0.0162. The molecule has 42 heavy (non-hydrogen) atoms. The van der Waals surface area contributed by atoms with Crippen LogP contribution in [0.4, 0.5) is 24.8 Å². The van der Waals surface area contributed by atoms with Crippen LogP contribution in [0.3, 0.4) is 0 Å². The smallest absolute Gasteiger partial charge is 0.389 e. The number of anilines is 2. The summed E-state index contributed by atoms with van der Waals surface area (Å²) in [5, 5.41) is 17.4. The maximum absolute atomic E-state index is 13.1. The second-order valence-electron chi connectivity index (χ2n) is 10.8. The van der Waals surface area contributed by atoms with Crippen molar-refractivity contribution in [3.05, 3.63) is 59.8 Å². The molecule has 10 nitrogen and oxygen atoms in total. The summed E-state index contributed by atoms with van der Waals surface area (Å²) in [6, 6.07) is 10.8. The number of pyridine rings is 1. The van der Waals surface area contributed by atoms with Crippen LogP contribution < -0.4 is 5.32 Å². The molecule has 0 spiro atoms. The average molecular weight is 586 g/mol. The average Bonchev–Trinajstić information content (AvgIpc) is 3.29. The van der Waals surface area contributed by atoms with Gasteiger partial charge in [0.2, 0.25) is 11.9 Å². The Balaban J connectivity index is 1.24. The number of likely N-dealkylation sites (N-methyl/N-ethyl adjacent to an activating group) is 1. The summed E-state index contributed by atoms with van der Waals surface area (Å²) < 4.78 is 39.1. The lowest BCUT2D eigenvalue weighted by Crippen LogP contribution is -2.36. The first-order chi connectivity index (χ1) is 20.1. The largest absolute Gasteiger partial charge is 0.396 e. The Morgan fingerprint density at radius 1 is 1.07 bits per heavy atom. The number of benzene rings is 1. The monoisotopic (exact) mass is 585 g/mol. The van der Waals surface area contributed by atoms with Crippen molar-refractivity contribution < 1.29 is 27.9 Å². The third-order valence-electron chi connectivity index (χ3n) is 7.63. The number of alkyl halides is 3. The number of aromatic nitrogens is 3. The summed E-state index contributed by atoms with van der Waals surface area (Å²) >= 11 is 0. The molecule has 1 atom stereocenters. The van der Waals surface area contributed by atoms with Crippen molar-refractivity contribution in [3.63, 3.8) is 0 Å². The van der Waals surface area contributed by atoms with Crippen LogP contribution in [-0.4, -0.2) is 105 Å². The third kappa shape index (κ3) is 7.08. The topological polar surface area (TPSA) is 106 Å². The zero-order valence-corrected chi connectivity index (χ0v) is 23.3. The van der Waals surface area contributed by atoms with Gasteiger partial charge < -0.3 is 25.1 Å². The van der Waals surface area contributed by atoms with Gasteiger partial charge in [-0.3, -0.25) is 9.59 Å². The molecule has 4 heterocycles. The summed E-state index contributed by atoms with van der Waals surface area (Å²) in [7, 11) is 1.99. The highest BCUT2D eigenvalue weighted by atomic mass is 19.4. The Hall–Kier alpha value is -3.97. The van der Waals surface area contributed by atoms with Crippen LogP contribution in [0.25, 0.3) is 11.2 Å². The molecule has 1 aromatic carbocycles. The number of rotatable bonds is 7. The molecular weight excluding hydrogens is 551 g/mol. The van der Waals surface area contributed by atoms with Gasteiger partial charge in [0.25, 0.3) is 5.91 Å². The number of halogens is 3. The molecule has 1 saturated heterocycles. The van der Waals surface area contributed by atoms with E-state index in [9.17, 15) is 27.9 Å². The van der Waals surface area contributed by atoms with E-state index >= 15 is 0 Å². The molecular formula is C29H34F3N7O3. The fourth-order valence-corrected chi connectivity index (χ4v) is 5.35. The summed E-state index contributed by atoms with van der Waals surface area (Å²) in [5.74, 6) is -0.200. The van der Waals surface area contributed by atoms with E-state index in [2.05, 4.69) is 20.3 Å². The van der Waals surface area contributed by atoms with Gasteiger partial charge in [0.05, 0.1) is 6.42 Å². The Bertz CT molecular complexity index is 1450. The predicted octanol–water partition coefficient (Wildman–Crippen LogP) is 3.43. The number of aliphatic hydroxyl groups is 1. The van der Waals surface area contributed by atoms with E-state index in [1.807, 2.05) is 25.3 Å². The fraction of sp³-hybridized carbons (Fsp3) is 0.448. The molecule has 1 unspecified atom stereocenters. The molecule has 0 bridgehead atoms. The normalized spacial score (nSPS) is 18.6. The molecule has 2 amide bonds. The minimum Gasteiger partial charge on any atom is -0.396 e. The van der Waals surface area contributed by atoms with E-state index in [0.717, 1.165) is 24.2 Å². The van der Waals surface area contributed by atoms with Crippen LogP contribution in [0, 0.1) is 5.92 Å². The number of carbonyl (C=O) groups excluding carboxylic acids is 2. The molecule has 5 rings (SSSR count). The van der Waals surface area contributed by atoms with Crippen molar-refractivity contribution in [2.24, 2.45) is 5.92 Å². The molecule has 2 aliphatic heterocycles. The summed E-state index contributed by atoms with van der Waals surface area (Å²) in [5.41, 5.74) is 3.66. The SMILES string of the molecule is CN1CCN(C(=O)c2ccc(Nc3nc4c(C5=CCN(C(=O)CCC(F)(F)F)CC5)cccn4n3)cc2)CC(CO)C1. The lowest BCUT2D eigenvalue weighted by Gasteiger charge is -2.27. The number of carbonyl (C=O) groups is 2. The van der Waals surface area contributed by atoms with E-state index in [1.165, 1.54) is 4.90 Å². The zero-order valence-electron chi connectivity index (χ0n) is 23.3. The Kier molecular flexibility index (Phi) is 8.78. The van der Waals surface area contributed by atoms with Gasteiger partial charge >= 0.3 is 6.18 Å². The van der Waals surface area contributed by atoms with Crippen molar-refractivity contribution in [1.82, 2.24) is 29.3 Å². The van der Waals surface area contributed by atoms with Gasteiger partial charge in [-0.2, -0.15) is 18.2 Å². The second-order valence-corrected chi connectivity index (χ2v) is 10.8. The van der Waals surface area contributed by atoms with Gasteiger partial charge in [-0.25, -0.2) is 4.52 Å². The molecule has 2 aromatic heterocycles. The molecule has 2 aliphatic rings. The van der Waals surface area contributed by atoms with Crippen LogP contribution in [0.1, 0.15) is 35.2 Å². The van der Waals surface area contributed by atoms with Gasteiger partial charge in [0.1, 0.15) is 0 Å². The quantitative estimate of drug-likeness (QED) is 0.438. The molecule has 3 aromatic rings. The standard InChI is InChI=1S/C29H34F3N7O3/c1-36-15-16-38(18-20(17-36)19-40)27(42)22-4-6-23(7-5-22)33-28-34-26-24(3-2-12-39(26)35-28)21-9-13-37(14-10-21)25(41)8-11-29(30,31)32/h2-7,9,12,20,40H,8,10-11,13-19H2,1H3,(H,33,35). The fourth-order valence-electron chi connectivity index (χ4n) is 5.35. The Labute approximate surface area is 241 Å². The summed E-state index contributed by atoms with van der Waals surface area (Å²) in [6.45, 7) is 3.22. The van der Waals surface area contributed by atoms with Crippen molar-refractivity contribution in [1.29, 1.82) is 0 Å². The van der Waals surface area contributed by atoms with Gasteiger partial charge in [0.15, 0.2) is 5.65 Å². The Morgan fingerprint density at radius 2 is 1.86 bits per heavy atom. The first kappa shape index (κ1) is 29.5. The van der Waals surface area contributed by atoms with E-state index < -0.39 is 24.9 Å². The molecule has 0 saturated carbocycles. The Morgan fingerprint density at radius 3 is 2.55 bits per heavy atom. The number of nitrogens with zero attached hydrogens (tertiary/aromatic N) is 6. The van der Waals surface area contributed by atoms with Gasteiger partial charge in [-0.1, -0.05) is 6.08 Å². The molecule has 2 N–H and O–H groups in total. The summed E-state index contributed by atoms with van der Waals surface area (Å²) in [4.78, 5) is 35.3. The lowest BCUT2D eigenvalue weighted by molar-refractivity contribution is -0.148. The number of nitrogens with one attached hydrogen (secondary N) is 1. The van der Waals surface area contributed by atoms with Crippen molar-refractivity contribution in [2.75, 3.05) is 58.2 Å². The maximum atomic E-state index is 13.1. The van der Waals surface area contributed by atoms with Crippen LogP contribution in [0.2, 0.25) is 0 Å². The van der Waals surface area contributed by atoms with E-state index in [4.69, 9.17) is 0 Å². The van der Waals surface area contributed by atoms with E-state index in [0.29, 0.717) is 48.9 Å². The molecule has 224 valence electrons. The lowest BCUT2D eigenvalue weighted by atomic mass is 10.00. The van der Waals surface area contributed by atoms with E-state index in [-0.39, 0.29) is 25.0 Å². The maximum Gasteiger partial charge on any atom is 0.389 e. The van der Waals surface area contributed by atoms with Crippen LogP contribution >= 0.6 is 0 Å². The number of hydrogen-bond acceptors (Lipinski definition) is 7. The third-order valence-corrected chi connectivity index (χ3v) is 7.63. The van der Waals surface area contributed by atoms with E-state index in [1.54, 1.807) is 39.9 Å². The van der Waals surface area contributed by atoms with Crippen molar-refractivity contribution >= 4 is 34.7 Å². The van der Waals surface area contributed by atoms with Gasteiger partial charge in [0, 0.05) is 81.2 Å². The highest BCUT2D eigenvalue weighted by molar-refractivity contribution is 5.94. The number of hydrogen-bond donors (Lipinski definition) is 2.